The van der Waals surface area contributed by atoms with Gasteiger partial charge >= 0.3 is 0 Å². The molecule has 2 rings (SSSR count). The van der Waals surface area contributed by atoms with Crippen LogP contribution in [0.2, 0.25) is 0 Å². The third-order valence-electron chi connectivity index (χ3n) is 2.52. The number of amides is 1. The number of anilines is 1. The Balaban J connectivity index is 2.18. The van der Waals surface area contributed by atoms with Crippen molar-refractivity contribution < 1.29 is 4.79 Å². The molecule has 4 nitrogen and oxygen atoms in total. The molecule has 0 atom stereocenters. The maximum atomic E-state index is 12.0. The SMILES string of the molecule is Cc1ccc(C(=O)Nc2cc(C)nc(C)n2)cc1. The molecule has 0 saturated carbocycles. The number of aromatic nitrogens is 2. The Morgan fingerprint density at radius 3 is 2.33 bits per heavy atom. The number of benzene rings is 1. The number of carbonyl (C=O) groups excluding carboxylic acids is 1. The second kappa shape index (κ2) is 4.96. The molecule has 2 aromatic rings. The molecule has 0 spiro atoms. The molecule has 0 aliphatic rings. The van der Waals surface area contributed by atoms with Crippen LogP contribution in [0, 0.1) is 20.8 Å². The Morgan fingerprint density at radius 1 is 1.06 bits per heavy atom. The van der Waals surface area contributed by atoms with Crippen LogP contribution in [0.4, 0.5) is 5.82 Å². The number of nitrogens with one attached hydrogen (secondary N) is 1. The first-order valence-corrected chi connectivity index (χ1v) is 5.75. The van der Waals surface area contributed by atoms with Gasteiger partial charge in [-0.05, 0) is 32.9 Å². The minimum absolute atomic E-state index is 0.160. The largest absolute Gasteiger partial charge is 0.306 e. The van der Waals surface area contributed by atoms with Crippen LogP contribution >= 0.6 is 0 Å². The molecule has 4 heteroatoms. The van der Waals surface area contributed by atoms with Crippen molar-refractivity contribution in [1.29, 1.82) is 0 Å². The van der Waals surface area contributed by atoms with Gasteiger partial charge in [0, 0.05) is 17.3 Å². The van der Waals surface area contributed by atoms with Crippen LogP contribution in [0.25, 0.3) is 0 Å². The summed E-state index contributed by atoms with van der Waals surface area (Å²) in [7, 11) is 0. The second-order valence-electron chi connectivity index (χ2n) is 4.26. The van der Waals surface area contributed by atoms with E-state index in [1.165, 1.54) is 0 Å². The summed E-state index contributed by atoms with van der Waals surface area (Å²) in [5, 5.41) is 2.77. The number of hydrogen-bond acceptors (Lipinski definition) is 3. The van der Waals surface area contributed by atoms with Crippen molar-refractivity contribution in [3.8, 4) is 0 Å². The van der Waals surface area contributed by atoms with Crippen molar-refractivity contribution in [2.45, 2.75) is 20.8 Å². The highest BCUT2D eigenvalue weighted by molar-refractivity contribution is 6.03. The van der Waals surface area contributed by atoms with Gasteiger partial charge in [0.25, 0.3) is 5.91 Å². The summed E-state index contributed by atoms with van der Waals surface area (Å²) in [6.45, 7) is 5.66. The highest BCUT2D eigenvalue weighted by atomic mass is 16.1. The summed E-state index contributed by atoms with van der Waals surface area (Å²) in [5.41, 5.74) is 2.58. The van der Waals surface area contributed by atoms with E-state index < -0.39 is 0 Å². The number of rotatable bonds is 2. The normalized spacial score (nSPS) is 10.2. The molecule has 1 N–H and O–H groups in total. The Labute approximate surface area is 106 Å². The van der Waals surface area contributed by atoms with E-state index in [0.29, 0.717) is 17.2 Å². The van der Waals surface area contributed by atoms with E-state index in [1.807, 2.05) is 26.0 Å². The summed E-state index contributed by atoms with van der Waals surface area (Å²) in [6.07, 6.45) is 0. The van der Waals surface area contributed by atoms with Gasteiger partial charge < -0.3 is 5.32 Å². The molecule has 0 fully saturated rings. The van der Waals surface area contributed by atoms with Gasteiger partial charge in [-0.15, -0.1) is 0 Å². The van der Waals surface area contributed by atoms with Crippen molar-refractivity contribution in [1.82, 2.24) is 9.97 Å². The zero-order valence-corrected chi connectivity index (χ0v) is 10.7. The summed E-state index contributed by atoms with van der Waals surface area (Å²) in [4.78, 5) is 20.3. The van der Waals surface area contributed by atoms with E-state index >= 15 is 0 Å². The lowest BCUT2D eigenvalue weighted by atomic mass is 10.1. The van der Waals surface area contributed by atoms with E-state index in [1.54, 1.807) is 25.1 Å². The van der Waals surface area contributed by atoms with E-state index in [-0.39, 0.29) is 5.91 Å². The minimum atomic E-state index is -0.160. The summed E-state index contributed by atoms with van der Waals surface area (Å²) >= 11 is 0. The molecule has 1 amide bonds. The van der Waals surface area contributed by atoms with Gasteiger partial charge in [0.1, 0.15) is 11.6 Å². The van der Waals surface area contributed by atoms with Gasteiger partial charge in [0.15, 0.2) is 0 Å². The van der Waals surface area contributed by atoms with Gasteiger partial charge in [0.05, 0.1) is 0 Å². The molecular formula is C14H15N3O. The van der Waals surface area contributed by atoms with Crippen LogP contribution in [-0.2, 0) is 0 Å². The molecule has 0 bridgehead atoms. The van der Waals surface area contributed by atoms with Gasteiger partial charge in [-0.1, -0.05) is 17.7 Å². The monoisotopic (exact) mass is 241 g/mol. The Hall–Kier alpha value is -2.23. The first-order chi connectivity index (χ1) is 8.54. The lowest BCUT2D eigenvalue weighted by Gasteiger charge is -2.06. The van der Waals surface area contributed by atoms with Crippen LogP contribution in [0.5, 0.6) is 0 Å². The quantitative estimate of drug-likeness (QED) is 0.879. The molecule has 1 aromatic carbocycles. The molecule has 1 aromatic heterocycles. The summed E-state index contributed by atoms with van der Waals surface area (Å²) < 4.78 is 0. The van der Waals surface area contributed by atoms with Crippen LogP contribution in [-0.4, -0.2) is 15.9 Å². The smallest absolute Gasteiger partial charge is 0.256 e. The average molecular weight is 241 g/mol. The van der Waals surface area contributed by atoms with Crippen molar-refractivity contribution >= 4 is 11.7 Å². The Morgan fingerprint density at radius 2 is 1.72 bits per heavy atom. The summed E-state index contributed by atoms with van der Waals surface area (Å²) in [5.74, 6) is 1.02. The number of nitrogens with zero attached hydrogens (tertiary/aromatic N) is 2. The lowest BCUT2D eigenvalue weighted by Crippen LogP contribution is -2.13. The second-order valence-corrected chi connectivity index (χ2v) is 4.26. The van der Waals surface area contributed by atoms with Crippen molar-refractivity contribution in [3.05, 3.63) is 53.0 Å². The highest BCUT2D eigenvalue weighted by Crippen LogP contribution is 2.09. The van der Waals surface area contributed by atoms with Gasteiger partial charge in [-0.3, -0.25) is 4.79 Å². The maximum Gasteiger partial charge on any atom is 0.256 e. The average Bonchev–Trinajstić information content (AvgIpc) is 2.28. The first-order valence-electron chi connectivity index (χ1n) is 5.75. The Bertz CT molecular complexity index is 556. The number of aryl methyl sites for hydroxylation is 3. The predicted octanol–water partition coefficient (Wildman–Crippen LogP) is 2.65. The third-order valence-corrected chi connectivity index (χ3v) is 2.52. The zero-order chi connectivity index (χ0) is 13.1. The third kappa shape index (κ3) is 2.91. The topological polar surface area (TPSA) is 54.9 Å². The number of hydrogen-bond donors (Lipinski definition) is 1. The van der Waals surface area contributed by atoms with Crippen molar-refractivity contribution in [2.24, 2.45) is 0 Å². The van der Waals surface area contributed by atoms with E-state index in [9.17, 15) is 4.79 Å². The van der Waals surface area contributed by atoms with E-state index in [4.69, 9.17) is 0 Å². The lowest BCUT2D eigenvalue weighted by molar-refractivity contribution is 0.102. The molecule has 92 valence electrons. The van der Waals surface area contributed by atoms with Crippen molar-refractivity contribution in [2.75, 3.05) is 5.32 Å². The Kier molecular flexibility index (Phi) is 3.37. The van der Waals surface area contributed by atoms with Gasteiger partial charge in [-0.25, -0.2) is 9.97 Å². The van der Waals surface area contributed by atoms with E-state index in [2.05, 4.69) is 15.3 Å². The fourth-order valence-corrected chi connectivity index (χ4v) is 1.67. The molecule has 0 aliphatic heterocycles. The van der Waals surface area contributed by atoms with Gasteiger partial charge in [0.2, 0.25) is 0 Å². The standard InChI is InChI=1S/C14H15N3O/c1-9-4-6-12(7-5-9)14(18)17-13-8-10(2)15-11(3)16-13/h4-8H,1-3H3,(H,15,16,17,18). The minimum Gasteiger partial charge on any atom is -0.306 e. The van der Waals surface area contributed by atoms with Crippen LogP contribution in [0.15, 0.2) is 30.3 Å². The van der Waals surface area contributed by atoms with E-state index in [0.717, 1.165) is 11.3 Å². The maximum absolute atomic E-state index is 12.0. The molecule has 0 unspecified atom stereocenters. The predicted molar refractivity (Wildman–Crippen MR) is 70.6 cm³/mol. The molecule has 0 radical (unpaired) electrons. The van der Waals surface area contributed by atoms with Crippen LogP contribution in [0.3, 0.4) is 0 Å². The fraction of sp³-hybridized carbons (Fsp3) is 0.214. The molecule has 1 heterocycles. The molecular weight excluding hydrogens is 226 g/mol. The zero-order valence-electron chi connectivity index (χ0n) is 10.7. The highest BCUT2D eigenvalue weighted by Gasteiger charge is 2.07. The fourth-order valence-electron chi connectivity index (χ4n) is 1.67. The van der Waals surface area contributed by atoms with Crippen molar-refractivity contribution in [3.63, 3.8) is 0 Å². The van der Waals surface area contributed by atoms with Crippen LogP contribution in [0.1, 0.15) is 27.4 Å². The molecule has 0 aliphatic carbocycles. The summed E-state index contributed by atoms with van der Waals surface area (Å²) in [6, 6.07) is 9.16. The first kappa shape index (κ1) is 12.2. The van der Waals surface area contributed by atoms with Crippen LogP contribution < -0.4 is 5.32 Å². The molecule has 18 heavy (non-hydrogen) atoms. The number of carbonyl (C=O) groups is 1. The molecule has 0 saturated heterocycles. The van der Waals surface area contributed by atoms with Gasteiger partial charge in [-0.2, -0.15) is 0 Å².